The molecule has 0 aromatic carbocycles. The van der Waals surface area contributed by atoms with Gasteiger partial charge in [-0.3, -0.25) is 4.57 Å². The van der Waals surface area contributed by atoms with Gasteiger partial charge in [-0.1, -0.05) is 0 Å². The van der Waals surface area contributed by atoms with Crippen molar-refractivity contribution in [1.29, 1.82) is 0 Å². The minimum Gasteiger partial charge on any atom is -0.394 e. The van der Waals surface area contributed by atoms with Gasteiger partial charge in [0.05, 0.1) is 6.61 Å². The molecule has 124 valence electrons. The van der Waals surface area contributed by atoms with E-state index in [1.807, 2.05) is 0 Å². The molecule has 3 heterocycles. The van der Waals surface area contributed by atoms with Crippen molar-refractivity contribution in [3.63, 3.8) is 0 Å². The van der Waals surface area contributed by atoms with Gasteiger partial charge in [0, 0.05) is 18.6 Å². The quantitative estimate of drug-likeness (QED) is 0.486. The van der Waals surface area contributed by atoms with Crippen molar-refractivity contribution < 1.29 is 20.1 Å². The van der Waals surface area contributed by atoms with Gasteiger partial charge in [0.1, 0.15) is 30.5 Å². The maximum Gasteiger partial charge on any atom is 0.351 e. The zero-order chi connectivity index (χ0) is 16.8. The molecule has 10 nitrogen and oxygen atoms in total. The number of nitrogen functional groups attached to an aromatic ring is 1. The molecule has 0 bridgehead atoms. The smallest absolute Gasteiger partial charge is 0.351 e. The van der Waals surface area contributed by atoms with E-state index in [2.05, 4.69) is 15.0 Å². The van der Waals surface area contributed by atoms with Gasteiger partial charge >= 0.3 is 5.69 Å². The number of anilines is 1. The van der Waals surface area contributed by atoms with Gasteiger partial charge in [-0.05, 0) is 12.1 Å². The molecule has 0 aliphatic carbocycles. The maximum atomic E-state index is 11.5. The lowest BCUT2D eigenvalue weighted by atomic mass is 10.1. The van der Waals surface area contributed by atoms with Crippen molar-refractivity contribution in [2.24, 2.45) is 0 Å². The van der Waals surface area contributed by atoms with Gasteiger partial charge in [-0.2, -0.15) is 4.98 Å². The van der Waals surface area contributed by atoms with Crippen LogP contribution in [0.25, 0.3) is 0 Å². The van der Waals surface area contributed by atoms with Crippen molar-refractivity contribution in [2.75, 3.05) is 12.3 Å². The van der Waals surface area contributed by atoms with Gasteiger partial charge in [0.15, 0.2) is 6.23 Å². The lowest BCUT2D eigenvalue weighted by molar-refractivity contribution is -0.0549. The summed E-state index contributed by atoms with van der Waals surface area (Å²) in [6, 6.07) is 3.15. The van der Waals surface area contributed by atoms with Crippen LogP contribution in [-0.4, -0.2) is 59.8 Å². The molecule has 2 aromatic heterocycles. The van der Waals surface area contributed by atoms with Crippen LogP contribution in [0.3, 0.4) is 0 Å². The van der Waals surface area contributed by atoms with E-state index in [-0.39, 0.29) is 5.82 Å². The number of aliphatic hydroxyl groups is 3. The molecular weight excluding hydrogens is 306 g/mol. The van der Waals surface area contributed by atoms with Crippen LogP contribution in [0.4, 0.5) is 5.82 Å². The highest BCUT2D eigenvalue weighted by molar-refractivity contribution is 5.23. The first-order chi connectivity index (χ1) is 11.0. The summed E-state index contributed by atoms with van der Waals surface area (Å²) in [5.41, 5.74) is 4.63. The highest BCUT2D eigenvalue weighted by Gasteiger charge is 2.43. The zero-order valence-electron chi connectivity index (χ0n) is 12.0. The van der Waals surface area contributed by atoms with E-state index >= 15 is 0 Å². The molecule has 0 amide bonds. The zero-order valence-corrected chi connectivity index (χ0v) is 12.0. The number of nitrogens with two attached hydrogens (primary N) is 1. The molecule has 1 aliphatic heterocycles. The Balaban J connectivity index is 0.000000268. The van der Waals surface area contributed by atoms with E-state index in [1.165, 1.54) is 18.6 Å². The number of aromatic nitrogens is 4. The third-order valence-electron chi connectivity index (χ3n) is 3.12. The molecule has 1 fully saturated rings. The van der Waals surface area contributed by atoms with Gasteiger partial charge < -0.3 is 25.8 Å². The van der Waals surface area contributed by atoms with Crippen LogP contribution < -0.4 is 11.4 Å². The van der Waals surface area contributed by atoms with Crippen LogP contribution in [0.2, 0.25) is 0 Å². The summed E-state index contributed by atoms with van der Waals surface area (Å²) < 4.78 is 6.19. The number of rotatable bonds is 2. The summed E-state index contributed by atoms with van der Waals surface area (Å²) in [4.78, 5) is 22.3. The molecule has 4 atom stereocenters. The average Bonchev–Trinajstić information content (AvgIpc) is 2.85. The fourth-order valence-electron chi connectivity index (χ4n) is 1.98. The lowest BCUT2D eigenvalue weighted by Gasteiger charge is -2.16. The Bertz CT molecular complexity index is 641. The van der Waals surface area contributed by atoms with Crippen LogP contribution in [0.15, 0.2) is 41.8 Å². The fourth-order valence-corrected chi connectivity index (χ4v) is 1.98. The minimum atomic E-state index is -1.31. The van der Waals surface area contributed by atoms with E-state index in [1.54, 1.807) is 18.5 Å². The second-order valence-corrected chi connectivity index (χ2v) is 4.68. The van der Waals surface area contributed by atoms with Gasteiger partial charge in [0.2, 0.25) is 0 Å². The van der Waals surface area contributed by atoms with Crippen LogP contribution in [0.5, 0.6) is 0 Å². The fraction of sp³-hybridized carbons (Fsp3) is 0.385. The largest absolute Gasteiger partial charge is 0.394 e. The third kappa shape index (κ3) is 4.07. The predicted octanol–water partition coefficient (Wildman–Crippen LogP) is -2.09. The van der Waals surface area contributed by atoms with E-state index in [4.69, 9.17) is 15.6 Å². The Morgan fingerprint density at radius 2 is 1.96 bits per heavy atom. The second-order valence-electron chi connectivity index (χ2n) is 4.68. The average molecular weight is 323 g/mol. The molecular formula is C13H17N5O5. The maximum absolute atomic E-state index is 11.5. The lowest BCUT2D eigenvalue weighted by Crippen LogP contribution is -2.36. The molecule has 2 aromatic rings. The number of hydrogen-bond acceptors (Lipinski definition) is 9. The summed E-state index contributed by atoms with van der Waals surface area (Å²) in [7, 11) is 0. The number of ether oxygens (including phenoxy) is 1. The Morgan fingerprint density at radius 3 is 2.39 bits per heavy atom. The van der Waals surface area contributed by atoms with Crippen LogP contribution in [0, 0.1) is 0 Å². The SMILES string of the molecule is Nc1ccn([C@@H]2O[C@H](CO)[C@@H](O)[C@@H]2O)c(=O)n1.c1cncnc1. The Kier molecular flexibility index (Phi) is 5.71. The van der Waals surface area contributed by atoms with E-state index in [0.717, 1.165) is 4.57 Å². The highest BCUT2D eigenvalue weighted by atomic mass is 16.6. The van der Waals surface area contributed by atoms with Crippen LogP contribution in [0.1, 0.15) is 6.23 Å². The molecule has 0 radical (unpaired) electrons. The van der Waals surface area contributed by atoms with Crippen LogP contribution >= 0.6 is 0 Å². The summed E-state index contributed by atoms with van der Waals surface area (Å²) >= 11 is 0. The van der Waals surface area contributed by atoms with Gasteiger partial charge in [-0.25, -0.2) is 14.8 Å². The first-order valence-corrected chi connectivity index (χ1v) is 6.71. The summed E-state index contributed by atoms with van der Waals surface area (Å²) in [6.45, 7) is -0.453. The predicted molar refractivity (Wildman–Crippen MR) is 78.0 cm³/mol. The molecule has 1 saturated heterocycles. The number of aliphatic hydroxyl groups excluding tert-OH is 3. The minimum absolute atomic E-state index is 0.0537. The first-order valence-electron chi connectivity index (χ1n) is 6.71. The van der Waals surface area contributed by atoms with E-state index in [9.17, 15) is 15.0 Å². The Morgan fingerprint density at radius 1 is 1.26 bits per heavy atom. The van der Waals surface area contributed by atoms with E-state index < -0.39 is 36.8 Å². The van der Waals surface area contributed by atoms with Crippen molar-refractivity contribution in [3.8, 4) is 0 Å². The summed E-state index contributed by atoms with van der Waals surface area (Å²) in [6.07, 6.45) is 1.61. The van der Waals surface area contributed by atoms with Crippen molar-refractivity contribution in [1.82, 2.24) is 19.5 Å². The highest BCUT2D eigenvalue weighted by Crippen LogP contribution is 2.27. The van der Waals surface area contributed by atoms with E-state index in [0.29, 0.717) is 0 Å². The van der Waals surface area contributed by atoms with Gasteiger partial charge in [-0.15, -0.1) is 0 Å². The standard InChI is InChI=1S/C9H13N3O5.C4H4N2/c10-5-1-2-12(9(16)11-5)8-7(15)6(14)4(3-13)17-8;1-2-5-4-6-3-1/h1-2,4,6-8,13-15H,3H2,(H2,10,11,16);1-4H/t4-,6-,7+,8-;/m1./s1. The van der Waals surface area contributed by atoms with Crippen molar-refractivity contribution in [3.05, 3.63) is 47.5 Å². The Hall–Kier alpha value is -2.40. The van der Waals surface area contributed by atoms with Crippen LogP contribution in [-0.2, 0) is 4.74 Å². The molecule has 0 spiro atoms. The molecule has 1 aliphatic rings. The number of hydrogen-bond donors (Lipinski definition) is 4. The summed E-state index contributed by atoms with van der Waals surface area (Å²) in [5, 5.41) is 28.2. The molecule has 0 saturated carbocycles. The normalized spacial score (nSPS) is 26.4. The van der Waals surface area contributed by atoms with Crippen molar-refractivity contribution in [2.45, 2.75) is 24.5 Å². The Labute approximate surface area is 130 Å². The second kappa shape index (κ2) is 7.74. The summed E-state index contributed by atoms with van der Waals surface area (Å²) in [5.74, 6) is 0.0537. The molecule has 3 rings (SSSR count). The topological polar surface area (TPSA) is 157 Å². The molecule has 5 N–H and O–H groups in total. The van der Waals surface area contributed by atoms with Crippen molar-refractivity contribution >= 4 is 5.82 Å². The first kappa shape index (κ1) is 17.0. The van der Waals surface area contributed by atoms with Gasteiger partial charge in [0.25, 0.3) is 0 Å². The monoisotopic (exact) mass is 323 g/mol. The molecule has 23 heavy (non-hydrogen) atoms. The molecule has 0 unspecified atom stereocenters. The molecule has 10 heteroatoms. The number of nitrogens with zero attached hydrogens (tertiary/aromatic N) is 4. The third-order valence-corrected chi connectivity index (χ3v) is 3.12.